The third-order valence-electron chi connectivity index (χ3n) is 5.30. The predicted octanol–water partition coefficient (Wildman–Crippen LogP) is 1.26. The SMILES string of the molecule is CN1C2CCCC1CC(NC(=O)CC1CCCN1)C2. The fourth-order valence-corrected chi connectivity index (χ4v) is 4.18. The Morgan fingerprint density at radius 3 is 2.58 bits per heavy atom. The van der Waals surface area contributed by atoms with Gasteiger partial charge in [-0.3, -0.25) is 4.79 Å². The normalized spacial score (nSPS) is 39.2. The Labute approximate surface area is 116 Å². The fraction of sp³-hybridized carbons (Fsp3) is 0.933. The van der Waals surface area contributed by atoms with Crippen LogP contribution in [-0.4, -0.2) is 48.6 Å². The summed E-state index contributed by atoms with van der Waals surface area (Å²) in [6.07, 6.45) is 9.33. The van der Waals surface area contributed by atoms with Gasteiger partial charge < -0.3 is 15.5 Å². The van der Waals surface area contributed by atoms with Crippen molar-refractivity contribution in [1.82, 2.24) is 15.5 Å². The minimum Gasteiger partial charge on any atom is -0.353 e. The van der Waals surface area contributed by atoms with Crippen molar-refractivity contribution in [3.63, 3.8) is 0 Å². The van der Waals surface area contributed by atoms with Gasteiger partial charge in [-0.25, -0.2) is 0 Å². The molecule has 3 fully saturated rings. The van der Waals surface area contributed by atoms with Crippen molar-refractivity contribution in [2.75, 3.05) is 13.6 Å². The number of amides is 1. The fourth-order valence-electron chi connectivity index (χ4n) is 4.18. The second-order valence-corrected chi connectivity index (χ2v) is 6.64. The number of hydrogen-bond acceptors (Lipinski definition) is 3. The van der Waals surface area contributed by atoms with Crippen LogP contribution in [0.25, 0.3) is 0 Å². The van der Waals surface area contributed by atoms with Crippen molar-refractivity contribution < 1.29 is 4.79 Å². The minimum atomic E-state index is 0.257. The summed E-state index contributed by atoms with van der Waals surface area (Å²) in [5.74, 6) is 0.257. The summed E-state index contributed by atoms with van der Waals surface area (Å²) in [5, 5.41) is 6.69. The Morgan fingerprint density at radius 1 is 1.21 bits per heavy atom. The van der Waals surface area contributed by atoms with E-state index in [-0.39, 0.29) is 5.91 Å². The van der Waals surface area contributed by atoms with E-state index >= 15 is 0 Å². The molecular formula is C15H27N3O. The molecule has 3 rings (SSSR count). The van der Waals surface area contributed by atoms with Gasteiger partial charge in [0.05, 0.1) is 0 Å². The molecule has 4 nitrogen and oxygen atoms in total. The number of piperidine rings is 2. The summed E-state index contributed by atoms with van der Waals surface area (Å²) in [7, 11) is 2.26. The summed E-state index contributed by atoms with van der Waals surface area (Å²) < 4.78 is 0. The van der Waals surface area contributed by atoms with Crippen LogP contribution >= 0.6 is 0 Å². The van der Waals surface area contributed by atoms with Gasteiger partial charge in [-0.1, -0.05) is 6.42 Å². The largest absolute Gasteiger partial charge is 0.353 e. The maximum absolute atomic E-state index is 12.1. The Hall–Kier alpha value is -0.610. The Kier molecular flexibility index (Phi) is 4.08. The highest BCUT2D eigenvalue weighted by Crippen LogP contribution is 2.32. The third-order valence-corrected chi connectivity index (χ3v) is 5.30. The highest BCUT2D eigenvalue weighted by Gasteiger charge is 2.36. The van der Waals surface area contributed by atoms with Gasteiger partial charge in [-0.05, 0) is 52.1 Å². The van der Waals surface area contributed by atoms with Crippen molar-refractivity contribution in [2.45, 2.75) is 75.5 Å². The van der Waals surface area contributed by atoms with E-state index in [1.807, 2.05) is 0 Å². The molecule has 0 aromatic carbocycles. The first-order valence-corrected chi connectivity index (χ1v) is 7.97. The van der Waals surface area contributed by atoms with Crippen LogP contribution in [0, 0.1) is 0 Å². The monoisotopic (exact) mass is 265 g/mol. The third kappa shape index (κ3) is 3.11. The number of fused-ring (bicyclic) bond motifs is 2. The summed E-state index contributed by atoms with van der Waals surface area (Å²) >= 11 is 0. The van der Waals surface area contributed by atoms with Gasteiger partial charge in [0.2, 0.25) is 5.91 Å². The van der Waals surface area contributed by atoms with Gasteiger partial charge in [-0.15, -0.1) is 0 Å². The van der Waals surface area contributed by atoms with Gasteiger partial charge >= 0.3 is 0 Å². The maximum atomic E-state index is 12.1. The first-order chi connectivity index (χ1) is 9.22. The molecule has 3 heterocycles. The summed E-state index contributed by atoms with van der Waals surface area (Å²) in [6.45, 7) is 1.08. The molecule has 0 aromatic heterocycles. The van der Waals surface area contributed by atoms with Crippen LogP contribution in [0.4, 0.5) is 0 Å². The molecule has 108 valence electrons. The standard InChI is InChI=1S/C15H27N3O/c1-18-13-5-2-6-14(18)9-12(8-13)17-15(19)10-11-4-3-7-16-11/h11-14,16H,2-10H2,1H3,(H,17,19). The highest BCUT2D eigenvalue weighted by molar-refractivity contribution is 5.77. The Balaban J connectivity index is 1.48. The lowest BCUT2D eigenvalue weighted by Crippen LogP contribution is -2.55. The summed E-state index contributed by atoms with van der Waals surface area (Å²) in [4.78, 5) is 14.7. The number of nitrogens with one attached hydrogen (secondary N) is 2. The molecule has 0 radical (unpaired) electrons. The molecule has 0 saturated carbocycles. The molecule has 3 atom stereocenters. The predicted molar refractivity (Wildman–Crippen MR) is 76.0 cm³/mol. The van der Waals surface area contributed by atoms with E-state index < -0.39 is 0 Å². The Morgan fingerprint density at radius 2 is 1.95 bits per heavy atom. The van der Waals surface area contributed by atoms with Crippen LogP contribution in [0.3, 0.4) is 0 Å². The van der Waals surface area contributed by atoms with Gasteiger partial charge in [0.1, 0.15) is 0 Å². The lowest BCUT2D eigenvalue weighted by molar-refractivity contribution is -0.123. The van der Waals surface area contributed by atoms with Crippen LogP contribution in [0.2, 0.25) is 0 Å². The zero-order valence-corrected chi connectivity index (χ0v) is 12.0. The average molecular weight is 265 g/mol. The van der Waals surface area contributed by atoms with Gasteiger partial charge in [0.15, 0.2) is 0 Å². The molecule has 0 aromatic rings. The van der Waals surface area contributed by atoms with E-state index in [0.29, 0.717) is 30.6 Å². The molecule has 0 aliphatic carbocycles. The highest BCUT2D eigenvalue weighted by atomic mass is 16.1. The van der Waals surface area contributed by atoms with Crippen LogP contribution in [0.1, 0.15) is 51.4 Å². The van der Waals surface area contributed by atoms with Crippen molar-refractivity contribution in [2.24, 2.45) is 0 Å². The van der Waals surface area contributed by atoms with Crippen LogP contribution in [0.15, 0.2) is 0 Å². The molecule has 3 aliphatic heterocycles. The van der Waals surface area contributed by atoms with Crippen molar-refractivity contribution in [3.05, 3.63) is 0 Å². The Bertz CT molecular complexity index is 313. The zero-order chi connectivity index (χ0) is 13.2. The van der Waals surface area contributed by atoms with E-state index in [1.54, 1.807) is 0 Å². The van der Waals surface area contributed by atoms with E-state index in [2.05, 4.69) is 22.6 Å². The number of rotatable bonds is 3. The summed E-state index contributed by atoms with van der Waals surface area (Å²) in [5.41, 5.74) is 0. The van der Waals surface area contributed by atoms with E-state index in [0.717, 1.165) is 25.8 Å². The molecule has 19 heavy (non-hydrogen) atoms. The van der Waals surface area contributed by atoms with Crippen LogP contribution < -0.4 is 10.6 Å². The smallest absolute Gasteiger partial charge is 0.221 e. The topological polar surface area (TPSA) is 44.4 Å². The molecular weight excluding hydrogens is 238 g/mol. The second-order valence-electron chi connectivity index (χ2n) is 6.64. The molecule has 3 saturated heterocycles. The summed E-state index contributed by atoms with van der Waals surface area (Å²) in [6, 6.07) is 2.23. The lowest BCUT2D eigenvalue weighted by Gasteiger charge is -2.47. The number of carbonyl (C=O) groups is 1. The van der Waals surface area contributed by atoms with Crippen molar-refractivity contribution in [3.8, 4) is 0 Å². The molecule has 2 bridgehead atoms. The second kappa shape index (κ2) is 5.80. The quantitative estimate of drug-likeness (QED) is 0.807. The molecule has 4 heteroatoms. The first kappa shape index (κ1) is 13.4. The van der Waals surface area contributed by atoms with Gasteiger partial charge in [-0.2, -0.15) is 0 Å². The molecule has 3 aliphatic rings. The number of carbonyl (C=O) groups excluding carboxylic acids is 1. The van der Waals surface area contributed by atoms with Gasteiger partial charge in [0.25, 0.3) is 0 Å². The maximum Gasteiger partial charge on any atom is 0.221 e. The number of nitrogens with zero attached hydrogens (tertiary/aromatic N) is 1. The molecule has 3 unspecified atom stereocenters. The molecule has 1 amide bonds. The lowest BCUT2D eigenvalue weighted by atomic mass is 9.82. The van der Waals surface area contributed by atoms with Crippen molar-refractivity contribution >= 4 is 5.91 Å². The van der Waals surface area contributed by atoms with Crippen LogP contribution in [-0.2, 0) is 4.79 Å². The molecule has 0 spiro atoms. The molecule has 2 N–H and O–H groups in total. The van der Waals surface area contributed by atoms with E-state index in [4.69, 9.17) is 0 Å². The minimum absolute atomic E-state index is 0.257. The number of hydrogen-bond donors (Lipinski definition) is 2. The van der Waals surface area contributed by atoms with E-state index in [1.165, 1.54) is 25.7 Å². The first-order valence-electron chi connectivity index (χ1n) is 7.97. The zero-order valence-electron chi connectivity index (χ0n) is 12.0. The van der Waals surface area contributed by atoms with E-state index in [9.17, 15) is 4.79 Å². The van der Waals surface area contributed by atoms with Gasteiger partial charge in [0, 0.05) is 30.6 Å². The average Bonchev–Trinajstić information content (AvgIpc) is 2.83. The van der Waals surface area contributed by atoms with Crippen LogP contribution in [0.5, 0.6) is 0 Å². The van der Waals surface area contributed by atoms with Crippen molar-refractivity contribution in [1.29, 1.82) is 0 Å².